The Hall–Kier alpha value is -1.63. The molecule has 0 spiro atoms. The van der Waals surface area contributed by atoms with Crippen LogP contribution in [0.1, 0.15) is 24.8 Å². The summed E-state index contributed by atoms with van der Waals surface area (Å²) < 4.78 is 13.1. The molecule has 0 unspecified atom stereocenters. The number of anilines is 1. The average molecular weight is 219 g/mol. The smallest absolute Gasteiger partial charge is 0.128 e. The van der Waals surface area contributed by atoms with E-state index >= 15 is 0 Å². The van der Waals surface area contributed by atoms with Gasteiger partial charge in [0.2, 0.25) is 0 Å². The van der Waals surface area contributed by atoms with Gasteiger partial charge in [0.1, 0.15) is 18.1 Å². The Morgan fingerprint density at radius 1 is 1.50 bits per heavy atom. The number of alkyl halides is 1. The lowest BCUT2D eigenvalue weighted by molar-refractivity contribution is 0.338. The van der Waals surface area contributed by atoms with Crippen LogP contribution in [0, 0.1) is 11.3 Å². The van der Waals surface area contributed by atoms with Crippen LogP contribution < -0.4 is 4.90 Å². The van der Waals surface area contributed by atoms with E-state index in [0.29, 0.717) is 18.4 Å². The Morgan fingerprint density at radius 2 is 2.31 bits per heavy atom. The second kappa shape index (κ2) is 4.48. The Morgan fingerprint density at radius 3 is 2.81 bits per heavy atom. The number of hydrogen-bond donors (Lipinski definition) is 0. The molecule has 0 N–H and O–H groups in total. The molecule has 1 aromatic heterocycles. The molecule has 1 heterocycles. The number of nitriles is 1. The number of nitrogens with zero attached hydrogens (tertiary/aromatic N) is 3. The summed E-state index contributed by atoms with van der Waals surface area (Å²) >= 11 is 0. The van der Waals surface area contributed by atoms with Crippen LogP contribution in [0.4, 0.5) is 10.2 Å². The zero-order chi connectivity index (χ0) is 11.5. The van der Waals surface area contributed by atoms with Crippen LogP contribution in [0.15, 0.2) is 18.3 Å². The summed E-state index contributed by atoms with van der Waals surface area (Å²) in [4.78, 5) is 6.20. The van der Waals surface area contributed by atoms with Crippen molar-refractivity contribution in [2.45, 2.75) is 31.5 Å². The lowest BCUT2D eigenvalue weighted by atomic mass is 10.2. The number of rotatable bonds is 2. The molecule has 0 aliphatic heterocycles. The van der Waals surface area contributed by atoms with Crippen LogP contribution in [0.25, 0.3) is 0 Å². The SMILES string of the molecule is CN(c1ccc(C#N)cn1)[C@H]1CC[C@@H](F)C1. The maximum absolute atomic E-state index is 13.1. The van der Waals surface area contributed by atoms with Crippen LogP contribution in [0.3, 0.4) is 0 Å². The van der Waals surface area contributed by atoms with Gasteiger partial charge in [0.15, 0.2) is 0 Å². The third-order valence-electron chi connectivity index (χ3n) is 3.13. The third-order valence-corrected chi connectivity index (χ3v) is 3.13. The van der Waals surface area contributed by atoms with Crippen molar-refractivity contribution in [3.8, 4) is 6.07 Å². The Balaban J connectivity index is 2.09. The summed E-state index contributed by atoms with van der Waals surface area (Å²) in [7, 11) is 1.93. The van der Waals surface area contributed by atoms with E-state index in [0.717, 1.165) is 12.2 Å². The molecular weight excluding hydrogens is 205 g/mol. The number of aromatic nitrogens is 1. The molecule has 0 bridgehead atoms. The average Bonchev–Trinajstić information content (AvgIpc) is 2.75. The van der Waals surface area contributed by atoms with Crippen molar-refractivity contribution in [1.82, 2.24) is 4.98 Å². The third kappa shape index (κ3) is 2.13. The van der Waals surface area contributed by atoms with Crippen molar-refractivity contribution < 1.29 is 4.39 Å². The largest absolute Gasteiger partial charge is 0.357 e. The van der Waals surface area contributed by atoms with Gasteiger partial charge in [-0.1, -0.05) is 0 Å². The maximum Gasteiger partial charge on any atom is 0.128 e. The van der Waals surface area contributed by atoms with Gasteiger partial charge in [-0.05, 0) is 31.4 Å². The number of halogens is 1. The molecule has 1 saturated carbocycles. The number of hydrogen-bond acceptors (Lipinski definition) is 3. The minimum Gasteiger partial charge on any atom is -0.357 e. The molecule has 1 fully saturated rings. The highest BCUT2D eigenvalue weighted by atomic mass is 19.1. The molecule has 0 amide bonds. The van der Waals surface area contributed by atoms with Gasteiger partial charge >= 0.3 is 0 Å². The lowest BCUT2D eigenvalue weighted by Gasteiger charge is -2.25. The molecule has 84 valence electrons. The minimum atomic E-state index is -0.675. The highest BCUT2D eigenvalue weighted by Crippen LogP contribution is 2.28. The molecule has 1 aliphatic rings. The van der Waals surface area contributed by atoms with E-state index in [1.165, 1.54) is 0 Å². The molecule has 1 aliphatic carbocycles. The Kier molecular flexibility index (Phi) is 3.04. The van der Waals surface area contributed by atoms with E-state index in [2.05, 4.69) is 4.98 Å². The van der Waals surface area contributed by atoms with E-state index < -0.39 is 6.17 Å². The van der Waals surface area contributed by atoms with Crippen molar-refractivity contribution in [2.24, 2.45) is 0 Å². The standard InChI is InChI=1S/C12H14FN3/c1-16(11-4-3-10(13)6-11)12-5-2-9(7-14)8-15-12/h2,5,8,10-11H,3-4,6H2,1H3/t10-,11+/m1/s1. The highest BCUT2D eigenvalue weighted by molar-refractivity contribution is 5.42. The molecule has 0 aromatic carbocycles. The summed E-state index contributed by atoms with van der Waals surface area (Å²) in [5.41, 5.74) is 0.548. The van der Waals surface area contributed by atoms with Gasteiger partial charge < -0.3 is 4.90 Å². The van der Waals surface area contributed by atoms with Crippen LogP contribution in [-0.2, 0) is 0 Å². The molecule has 0 radical (unpaired) electrons. The van der Waals surface area contributed by atoms with Crippen molar-refractivity contribution in [2.75, 3.05) is 11.9 Å². The van der Waals surface area contributed by atoms with E-state index in [4.69, 9.17) is 5.26 Å². The molecule has 3 nitrogen and oxygen atoms in total. The molecule has 4 heteroatoms. The molecule has 1 aromatic rings. The van der Waals surface area contributed by atoms with Crippen molar-refractivity contribution in [3.63, 3.8) is 0 Å². The van der Waals surface area contributed by atoms with Crippen LogP contribution >= 0.6 is 0 Å². The molecule has 2 atom stereocenters. The van der Waals surface area contributed by atoms with Gasteiger partial charge in [-0.3, -0.25) is 0 Å². The second-order valence-corrected chi connectivity index (χ2v) is 4.19. The summed E-state index contributed by atoms with van der Waals surface area (Å²) in [5.74, 6) is 0.804. The van der Waals surface area contributed by atoms with Gasteiger partial charge in [-0.25, -0.2) is 9.37 Å². The molecular formula is C12H14FN3. The minimum absolute atomic E-state index is 0.232. The first kappa shape index (κ1) is 10.9. The van der Waals surface area contributed by atoms with Crippen LogP contribution in [0.2, 0.25) is 0 Å². The quantitative estimate of drug-likeness (QED) is 0.766. The van der Waals surface area contributed by atoms with Crippen LogP contribution in [0.5, 0.6) is 0 Å². The predicted octanol–water partition coefficient (Wildman–Crippen LogP) is 2.28. The zero-order valence-corrected chi connectivity index (χ0v) is 9.23. The van der Waals surface area contributed by atoms with Gasteiger partial charge in [0.05, 0.1) is 5.56 Å². The van der Waals surface area contributed by atoms with Gasteiger partial charge in [0, 0.05) is 19.3 Å². The van der Waals surface area contributed by atoms with Gasteiger partial charge in [0.25, 0.3) is 0 Å². The van der Waals surface area contributed by atoms with E-state index in [1.807, 2.05) is 24.1 Å². The monoisotopic (exact) mass is 219 g/mol. The Labute approximate surface area is 94.5 Å². The molecule has 2 rings (SSSR count). The summed E-state index contributed by atoms with van der Waals surface area (Å²) in [6.07, 6.45) is 2.97. The molecule has 16 heavy (non-hydrogen) atoms. The van der Waals surface area contributed by atoms with Gasteiger partial charge in [-0.2, -0.15) is 5.26 Å². The van der Waals surface area contributed by atoms with Crippen LogP contribution in [-0.4, -0.2) is 24.2 Å². The zero-order valence-electron chi connectivity index (χ0n) is 9.23. The normalized spacial score (nSPS) is 24.1. The fourth-order valence-corrected chi connectivity index (χ4v) is 2.10. The Bertz CT molecular complexity index is 396. The van der Waals surface area contributed by atoms with Crippen molar-refractivity contribution in [1.29, 1.82) is 5.26 Å². The molecule has 0 saturated heterocycles. The van der Waals surface area contributed by atoms with E-state index in [9.17, 15) is 4.39 Å². The summed E-state index contributed by atoms with van der Waals surface area (Å²) in [6.45, 7) is 0. The first-order valence-corrected chi connectivity index (χ1v) is 5.44. The van der Waals surface area contributed by atoms with Gasteiger partial charge in [-0.15, -0.1) is 0 Å². The first-order valence-electron chi connectivity index (χ1n) is 5.44. The topological polar surface area (TPSA) is 39.9 Å². The highest BCUT2D eigenvalue weighted by Gasteiger charge is 2.27. The fraction of sp³-hybridized carbons (Fsp3) is 0.500. The van der Waals surface area contributed by atoms with E-state index in [-0.39, 0.29) is 6.04 Å². The fourth-order valence-electron chi connectivity index (χ4n) is 2.10. The summed E-state index contributed by atoms with van der Waals surface area (Å²) in [6, 6.07) is 5.81. The first-order chi connectivity index (χ1) is 7.70. The van der Waals surface area contributed by atoms with Crippen molar-refractivity contribution >= 4 is 5.82 Å². The lowest BCUT2D eigenvalue weighted by Crippen LogP contribution is -2.30. The predicted molar refractivity (Wildman–Crippen MR) is 59.9 cm³/mol. The second-order valence-electron chi connectivity index (χ2n) is 4.19. The van der Waals surface area contributed by atoms with Crippen molar-refractivity contribution in [3.05, 3.63) is 23.9 Å². The maximum atomic E-state index is 13.1. The summed E-state index contributed by atoms with van der Waals surface area (Å²) in [5, 5.41) is 8.66. The van der Waals surface area contributed by atoms with E-state index in [1.54, 1.807) is 12.3 Å². The number of pyridine rings is 1.